The Labute approximate surface area is 96.8 Å². The summed E-state index contributed by atoms with van der Waals surface area (Å²) in [5.74, 6) is 0. The van der Waals surface area contributed by atoms with Crippen LogP contribution in [0.15, 0.2) is 24.4 Å². The molecule has 0 amide bonds. The Bertz CT molecular complexity index is 540. The molecule has 2 aromatic heterocycles. The van der Waals surface area contributed by atoms with Crippen molar-refractivity contribution in [3.05, 3.63) is 39.9 Å². The quantitative estimate of drug-likeness (QED) is 0.755. The molecule has 0 aliphatic heterocycles. The Morgan fingerprint density at radius 2 is 2.27 bits per heavy atom. The van der Waals surface area contributed by atoms with E-state index in [4.69, 9.17) is 16.9 Å². The Kier molecular flexibility index (Phi) is 2.72. The van der Waals surface area contributed by atoms with E-state index < -0.39 is 0 Å². The van der Waals surface area contributed by atoms with E-state index in [0.29, 0.717) is 5.56 Å². The van der Waals surface area contributed by atoms with Crippen LogP contribution in [0.1, 0.15) is 11.1 Å². The molecule has 0 aliphatic rings. The Hall–Kier alpha value is -1.37. The van der Waals surface area contributed by atoms with Gasteiger partial charge in [-0.1, -0.05) is 11.6 Å². The highest BCUT2D eigenvalue weighted by Gasteiger charge is 2.06. The first-order valence-electron chi connectivity index (χ1n) is 4.33. The number of hydrogen-bond acceptors (Lipinski definition) is 3. The first-order chi connectivity index (χ1) is 7.20. The fourth-order valence-electron chi connectivity index (χ4n) is 1.34. The van der Waals surface area contributed by atoms with E-state index in [2.05, 4.69) is 11.1 Å². The maximum Gasteiger partial charge on any atom is 0.101 e. The van der Waals surface area contributed by atoms with Crippen LogP contribution in [-0.4, -0.2) is 4.98 Å². The minimum Gasteiger partial charge on any atom is -0.254 e. The minimum absolute atomic E-state index is 0.582. The maximum atomic E-state index is 8.72. The smallest absolute Gasteiger partial charge is 0.101 e. The highest BCUT2D eigenvalue weighted by atomic mass is 35.5. The van der Waals surface area contributed by atoms with Crippen LogP contribution in [0.2, 0.25) is 4.34 Å². The third-order valence-corrected chi connectivity index (χ3v) is 3.25. The molecule has 4 heteroatoms. The van der Waals surface area contributed by atoms with Gasteiger partial charge in [0.05, 0.1) is 20.5 Å². The summed E-state index contributed by atoms with van der Waals surface area (Å²) in [5.41, 5.74) is 2.47. The van der Waals surface area contributed by atoms with Crippen LogP contribution in [-0.2, 0) is 0 Å². The molecule has 15 heavy (non-hydrogen) atoms. The lowest BCUT2D eigenvalue weighted by molar-refractivity contribution is 1.26. The second-order valence-electron chi connectivity index (χ2n) is 3.11. The third kappa shape index (κ3) is 2.01. The zero-order chi connectivity index (χ0) is 10.8. The minimum atomic E-state index is 0.582. The molecule has 0 aliphatic carbocycles. The molecule has 0 aromatic carbocycles. The van der Waals surface area contributed by atoms with Gasteiger partial charge < -0.3 is 0 Å². The monoisotopic (exact) mass is 234 g/mol. The van der Waals surface area contributed by atoms with Gasteiger partial charge in [-0.05, 0) is 30.7 Å². The molecule has 0 radical (unpaired) electrons. The van der Waals surface area contributed by atoms with E-state index in [1.165, 1.54) is 11.3 Å². The Balaban J connectivity index is 2.51. The number of aromatic nitrogens is 1. The highest BCUT2D eigenvalue weighted by Crippen LogP contribution is 2.31. The van der Waals surface area contributed by atoms with Gasteiger partial charge in [0.15, 0.2) is 0 Å². The van der Waals surface area contributed by atoms with E-state index >= 15 is 0 Å². The Morgan fingerprint density at radius 1 is 1.47 bits per heavy atom. The van der Waals surface area contributed by atoms with E-state index in [0.717, 1.165) is 20.5 Å². The van der Waals surface area contributed by atoms with Gasteiger partial charge in [0, 0.05) is 6.20 Å². The van der Waals surface area contributed by atoms with Crippen LogP contribution in [0.5, 0.6) is 0 Å². The van der Waals surface area contributed by atoms with Gasteiger partial charge in [-0.15, -0.1) is 11.3 Å². The molecule has 0 saturated heterocycles. The average molecular weight is 235 g/mol. The SMILES string of the molecule is Cc1cc(C#N)cnc1-c1ccc(Cl)s1. The van der Waals surface area contributed by atoms with Crippen molar-refractivity contribution in [2.24, 2.45) is 0 Å². The summed E-state index contributed by atoms with van der Waals surface area (Å²) < 4.78 is 0.746. The fraction of sp³-hybridized carbons (Fsp3) is 0.0909. The van der Waals surface area contributed by atoms with E-state index in [-0.39, 0.29) is 0 Å². The first-order valence-corrected chi connectivity index (χ1v) is 5.52. The van der Waals surface area contributed by atoms with E-state index in [1.54, 1.807) is 6.20 Å². The normalized spacial score (nSPS) is 9.93. The predicted octanol–water partition coefficient (Wildman–Crippen LogP) is 3.64. The van der Waals surface area contributed by atoms with Crippen LogP contribution in [0.4, 0.5) is 0 Å². The third-order valence-electron chi connectivity index (χ3n) is 2.01. The van der Waals surface area contributed by atoms with Crippen molar-refractivity contribution in [1.82, 2.24) is 4.98 Å². The van der Waals surface area contributed by atoms with Crippen molar-refractivity contribution in [2.75, 3.05) is 0 Å². The van der Waals surface area contributed by atoms with Gasteiger partial charge in [-0.3, -0.25) is 4.98 Å². The second-order valence-corrected chi connectivity index (χ2v) is 4.82. The van der Waals surface area contributed by atoms with E-state index in [1.807, 2.05) is 25.1 Å². The molecule has 2 rings (SSSR count). The van der Waals surface area contributed by atoms with Crippen molar-refractivity contribution in [3.63, 3.8) is 0 Å². The lowest BCUT2D eigenvalue weighted by atomic mass is 10.1. The highest BCUT2D eigenvalue weighted by molar-refractivity contribution is 7.19. The maximum absolute atomic E-state index is 8.72. The fourth-order valence-corrected chi connectivity index (χ4v) is 2.44. The lowest BCUT2D eigenvalue weighted by Gasteiger charge is -2.01. The van der Waals surface area contributed by atoms with Crippen LogP contribution in [0.3, 0.4) is 0 Å². The zero-order valence-electron chi connectivity index (χ0n) is 7.99. The van der Waals surface area contributed by atoms with Gasteiger partial charge >= 0.3 is 0 Å². The topological polar surface area (TPSA) is 36.7 Å². The number of hydrogen-bond donors (Lipinski definition) is 0. The molecule has 74 valence electrons. The molecule has 2 aromatic rings. The molecule has 0 saturated carbocycles. The molecular weight excluding hydrogens is 228 g/mol. The summed E-state index contributed by atoms with van der Waals surface area (Å²) >= 11 is 7.35. The second kappa shape index (κ2) is 4.01. The Morgan fingerprint density at radius 3 is 2.80 bits per heavy atom. The van der Waals surface area contributed by atoms with Gasteiger partial charge in [-0.2, -0.15) is 5.26 Å². The number of halogens is 1. The largest absolute Gasteiger partial charge is 0.254 e. The van der Waals surface area contributed by atoms with Gasteiger partial charge in [0.25, 0.3) is 0 Å². The molecule has 0 spiro atoms. The van der Waals surface area contributed by atoms with Crippen molar-refractivity contribution < 1.29 is 0 Å². The van der Waals surface area contributed by atoms with Gasteiger partial charge in [0.1, 0.15) is 6.07 Å². The van der Waals surface area contributed by atoms with Crippen molar-refractivity contribution in [1.29, 1.82) is 5.26 Å². The van der Waals surface area contributed by atoms with Crippen molar-refractivity contribution in [3.8, 4) is 16.6 Å². The van der Waals surface area contributed by atoms with E-state index in [9.17, 15) is 0 Å². The molecule has 0 atom stereocenters. The number of rotatable bonds is 1. The van der Waals surface area contributed by atoms with Gasteiger partial charge in [0.2, 0.25) is 0 Å². The van der Waals surface area contributed by atoms with Crippen molar-refractivity contribution in [2.45, 2.75) is 6.92 Å². The van der Waals surface area contributed by atoms with Crippen LogP contribution >= 0.6 is 22.9 Å². The standard InChI is InChI=1S/C11H7ClN2S/c1-7-4-8(5-13)6-14-11(7)9-2-3-10(12)15-9/h2-4,6H,1H3. The summed E-state index contributed by atoms with van der Waals surface area (Å²) in [7, 11) is 0. The van der Waals surface area contributed by atoms with Crippen molar-refractivity contribution >= 4 is 22.9 Å². The first kappa shape index (κ1) is 10.2. The number of pyridine rings is 1. The molecule has 0 N–H and O–H groups in total. The van der Waals surface area contributed by atoms with Crippen LogP contribution < -0.4 is 0 Å². The molecule has 2 nitrogen and oxygen atoms in total. The summed E-state index contributed by atoms with van der Waals surface area (Å²) in [6.07, 6.45) is 1.58. The molecule has 0 fully saturated rings. The molecular formula is C11H7ClN2S. The summed E-state index contributed by atoms with van der Waals surface area (Å²) in [4.78, 5) is 5.29. The zero-order valence-corrected chi connectivity index (χ0v) is 9.56. The lowest BCUT2D eigenvalue weighted by Crippen LogP contribution is -1.87. The number of nitriles is 1. The molecule has 2 heterocycles. The summed E-state index contributed by atoms with van der Waals surface area (Å²) in [6.45, 7) is 1.94. The van der Waals surface area contributed by atoms with Gasteiger partial charge in [-0.25, -0.2) is 0 Å². The van der Waals surface area contributed by atoms with Crippen LogP contribution in [0.25, 0.3) is 10.6 Å². The summed E-state index contributed by atoms with van der Waals surface area (Å²) in [5, 5.41) is 8.72. The number of aryl methyl sites for hydroxylation is 1. The molecule has 0 bridgehead atoms. The predicted molar refractivity (Wildman–Crippen MR) is 62.0 cm³/mol. The number of nitrogens with zero attached hydrogens (tertiary/aromatic N) is 2. The molecule has 0 unspecified atom stereocenters. The summed E-state index contributed by atoms with van der Waals surface area (Å²) in [6, 6.07) is 7.68. The average Bonchev–Trinajstić information content (AvgIpc) is 2.64. The van der Waals surface area contributed by atoms with Crippen LogP contribution in [0, 0.1) is 18.3 Å². The number of thiophene rings is 1.